The molecule has 0 spiro atoms. The van der Waals surface area contributed by atoms with E-state index in [4.69, 9.17) is 0 Å². The Morgan fingerprint density at radius 1 is 1.24 bits per heavy atom. The van der Waals surface area contributed by atoms with Gasteiger partial charge < -0.3 is 9.47 Å². The molecule has 2 aromatic rings. The fraction of sp³-hybridized carbons (Fsp3) is 0.467. The van der Waals surface area contributed by atoms with Crippen LogP contribution in [-0.2, 0) is 6.54 Å². The summed E-state index contributed by atoms with van der Waals surface area (Å²) in [5.41, 5.74) is 2.96. The van der Waals surface area contributed by atoms with Gasteiger partial charge in [0.2, 0.25) is 0 Å². The number of hydrogen-bond donors (Lipinski definition) is 0. The molecule has 2 heteroatoms. The Hall–Kier alpha value is -1.28. The molecule has 0 amide bonds. The lowest BCUT2D eigenvalue weighted by molar-refractivity contribution is 0.247. The first-order valence-corrected chi connectivity index (χ1v) is 6.41. The highest BCUT2D eigenvalue weighted by atomic mass is 15.1. The van der Waals surface area contributed by atoms with Crippen molar-refractivity contribution in [1.82, 2.24) is 9.47 Å². The van der Waals surface area contributed by atoms with E-state index in [-0.39, 0.29) is 0 Å². The maximum absolute atomic E-state index is 2.43. The molecular formula is C15H20N2. The van der Waals surface area contributed by atoms with Crippen LogP contribution in [0.4, 0.5) is 0 Å². The first-order chi connectivity index (χ1) is 8.16. The Kier molecular flexibility index (Phi) is 2.48. The highest BCUT2D eigenvalue weighted by Gasteiger charge is 2.23. The van der Waals surface area contributed by atoms with Crippen LogP contribution in [-0.4, -0.2) is 29.6 Å². The first kappa shape index (κ1) is 10.8. The van der Waals surface area contributed by atoms with Gasteiger partial charge in [-0.3, -0.25) is 0 Å². The number of rotatable bonds is 1. The smallest absolute Gasteiger partial charge is 0.0516 e. The number of para-hydroxylation sites is 1. The van der Waals surface area contributed by atoms with Gasteiger partial charge in [-0.15, -0.1) is 0 Å². The second kappa shape index (κ2) is 3.88. The highest BCUT2D eigenvalue weighted by Crippen LogP contribution is 2.33. The third-order valence-corrected chi connectivity index (χ3v) is 4.11. The Morgan fingerprint density at radius 3 is 2.82 bits per heavy atom. The van der Waals surface area contributed by atoms with E-state index >= 15 is 0 Å². The third-order valence-electron chi connectivity index (χ3n) is 4.11. The minimum absolute atomic E-state index is 0.632. The van der Waals surface area contributed by atoms with Crippen molar-refractivity contribution < 1.29 is 0 Å². The fourth-order valence-electron chi connectivity index (χ4n) is 3.05. The molecule has 2 heterocycles. The van der Waals surface area contributed by atoms with Gasteiger partial charge in [-0.2, -0.15) is 0 Å². The van der Waals surface area contributed by atoms with E-state index < -0.39 is 0 Å². The second-order valence-corrected chi connectivity index (χ2v) is 5.51. The van der Waals surface area contributed by atoms with Gasteiger partial charge in [-0.05, 0) is 43.5 Å². The molecule has 1 aliphatic heterocycles. The van der Waals surface area contributed by atoms with Gasteiger partial charge in [0, 0.05) is 18.8 Å². The van der Waals surface area contributed by atoms with E-state index in [2.05, 4.69) is 60.9 Å². The lowest BCUT2D eigenvalue weighted by atomic mass is 9.93. The fourth-order valence-corrected chi connectivity index (χ4v) is 3.05. The monoisotopic (exact) mass is 228 g/mol. The normalized spacial score (nSPS) is 24.2. The molecule has 1 aromatic heterocycles. The van der Waals surface area contributed by atoms with Crippen LogP contribution in [0.5, 0.6) is 0 Å². The maximum Gasteiger partial charge on any atom is 0.0516 e. The zero-order valence-electron chi connectivity index (χ0n) is 10.9. The van der Waals surface area contributed by atoms with Gasteiger partial charge in [0.05, 0.1) is 5.52 Å². The molecular weight excluding hydrogens is 208 g/mol. The molecule has 1 aliphatic rings. The molecule has 2 unspecified atom stereocenters. The van der Waals surface area contributed by atoms with Crippen LogP contribution in [0.15, 0.2) is 30.5 Å². The number of hydrogen-bond acceptors (Lipinski definition) is 1. The van der Waals surface area contributed by atoms with E-state index in [9.17, 15) is 0 Å². The summed E-state index contributed by atoms with van der Waals surface area (Å²) in [5, 5.41) is 1.38. The molecule has 2 atom stereocenters. The summed E-state index contributed by atoms with van der Waals surface area (Å²) < 4.78 is 2.43. The Morgan fingerprint density at radius 2 is 2.06 bits per heavy atom. The number of benzene rings is 1. The molecule has 17 heavy (non-hydrogen) atoms. The quantitative estimate of drug-likeness (QED) is 0.728. The van der Waals surface area contributed by atoms with E-state index in [0.717, 1.165) is 6.54 Å². The average Bonchev–Trinajstić information content (AvgIpc) is 2.64. The van der Waals surface area contributed by atoms with Crippen molar-refractivity contribution in [2.45, 2.75) is 31.8 Å². The van der Waals surface area contributed by atoms with Crippen LogP contribution in [0.1, 0.15) is 24.8 Å². The van der Waals surface area contributed by atoms with Crippen LogP contribution in [0.3, 0.4) is 0 Å². The molecule has 0 bridgehead atoms. The molecule has 0 aliphatic carbocycles. The molecule has 0 N–H and O–H groups in total. The average molecular weight is 228 g/mol. The maximum atomic E-state index is 2.43. The Labute approximate surface area is 103 Å². The minimum Gasteiger partial charge on any atom is -0.346 e. The molecule has 0 saturated heterocycles. The molecule has 3 rings (SSSR count). The van der Waals surface area contributed by atoms with Gasteiger partial charge in [0.1, 0.15) is 0 Å². The van der Waals surface area contributed by atoms with Crippen molar-refractivity contribution in [2.75, 3.05) is 14.1 Å². The Balaban J connectivity index is 2.17. The van der Waals surface area contributed by atoms with Crippen LogP contribution in [0.25, 0.3) is 10.9 Å². The van der Waals surface area contributed by atoms with Gasteiger partial charge in [-0.25, -0.2) is 0 Å². The molecule has 0 radical (unpaired) electrons. The van der Waals surface area contributed by atoms with Crippen molar-refractivity contribution in [1.29, 1.82) is 0 Å². The largest absolute Gasteiger partial charge is 0.346 e. The summed E-state index contributed by atoms with van der Waals surface area (Å²) in [6.07, 6.45) is 3.48. The summed E-state index contributed by atoms with van der Waals surface area (Å²) in [4.78, 5) is 2.36. The van der Waals surface area contributed by atoms with E-state index in [1.54, 1.807) is 0 Å². The minimum atomic E-state index is 0.632. The standard InChI is InChI=1S/C15H20N2/c1-11-9-13(16(2)3)10-17-8-7-12-5-4-6-14(11)15(12)17/h4-8,11,13H,9-10H2,1-3H3. The zero-order valence-corrected chi connectivity index (χ0v) is 10.9. The predicted octanol–water partition coefficient (Wildman–Crippen LogP) is 3.08. The van der Waals surface area contributed by atoms with E-state index in [0.29, 0.717) is 12.0 Å². The van der Waals surface area contributed by atoms with Crippen molar-refractivity contribution in [2.24, 2.45) is 0 Å². The predicted molar refractivity (Wildman–Crippen MR) is 72.4 cm³/mol. The number of nitrogens with zero attached hydrogens (tertiary/aromatic N) is 2. The molecule has 0 fully saturated rings. The van der Waals surface area contributed by atoms with Crippen LogP contribution < -0.4 is 0 Å². The van der Waals surface area contributed by atoms with Crippen molar-refractivity contribution >= 4 is 10.9 Å². The number of aromatic nitrogens is 1. The topological polar surface area (TPSA) is 8.17 Å². The zero-order chi connectivity index (χ0) is 12.0. The van der Waals surface area contributed by atoms with Gasteiger partial charge >= 0.3 is 0 Å². The van der Waals surface area contributed by atoms with Crippen molar-refractivity contribution in [3.8, 4) is 0 Å². The highest BCUT2D eigenvalue weighted by molar-refractivity contribution is 5.84. The van der Waals surface area contributed by atoms with Crippen LogP contribution >= 0.6 is 0 Å². The lowest BCUT2D eigenvalue weighted by Gasteiger charge is -2.25. The van der Waals surface area contributed by atoms with Crippen molar-refractivity contribution in [3.05, 3.63) is 36.0 Å². The molecule has 2 nitrogen and oxygen atoms in total. The molecule has 1 aromatic carbocycles. The first-order valence-electron chi connectivity index (χ1n) is 6.41. The summed E-state index contributed by atoms with van der Waals surface area (Å²) in [7, 11) is 4.38. The van der Waals surface area contributed by atoms with Crippen molar-refractivity contribution in [3.63, 3.8) is 0 Å². The van der Waals surface area contributed by atoms with Crippen LogP contribution in [0, 0.1) is 0 Å². The van der Waals surface area contributed by atoms with Gasteiger partial charge in [0.25, 0.3) is 0 Å². The SMILES string of the molecule is CC1CC(N(C)C)Cn2ccc3cccc1c32. The number of likely N-dealkylation sites (N-methyl/N-ethyl adjacent to an activating group) is 1. The van der Waals surface area contributed by atoms with E-state index in [1.807, 2.05) is 0 Å². The Bertz CT molecular complexity index is 539. The van der Waals surface area contributed by atoms with Crippen LogP contribution in [0.2, 0.25) is 0 Å². The van der Waals surface area contributed by atoms with Gasteiger partial charge in [0.15, 0.2) is 0 Å². The third kappa shape index (κ3) is 1.67. The van der Waals surface area contributed by atoms with E-state index in [1.165, 1.54) is 22.9 Å². The summed E-state index contributed by atoms with van der Waals surface area (Å²) >= 11 is 0. The molecule has 90 valence electrons. The second-order valence-electron chi connectivity index (χ2n) is 5.51. The van der Waals surface area contributed by atoms with Gasteiger partial charge in [-0.1, -0.05) is 25.1 Å². The lowest BCUT2D eigenvalue weighted by Crippen LogP contribution is -2.32. The summed E-state index contributed by atoms with van der Waals surface area (Å²) in [6, 6.07) is 9.57. The summed E-state index contributed by atoms with van der Waals surface area (Å²) in [6.45, 7) is 3.46. The summed E-state index contributed by atoms with van der Waals surface area (Å²) in [5.74, 6) is 0.641. The molecule has 0 saturated carbocycles.